The van der Waals surface area contributed by atoms with Gasteiger partial charge >= 0.3 is 6.03 Å². The van der Waals surface area contributed by atoms with Crippen LogP contribution in [0.25, 0.3) is 0 Å². The normalized spacial score (nSPS) is 11.9. The third-order valence-corrected chi connectivity index (χ3v) is 2.75. The molecule has 0 bridgehead atoms. The molecule has 0 radical (unpaired) electrons. The second kappa shape index (κ2) is 6.21. The zero-order chi connectivity index (χ0) is 14.5. The highest BCUT2D eigenvalue weighted by atomic mass is 16.5. The van der Waals surface area contributed by atoms with Gasteiger partial charge in [0.2, 0.25) is 0 Å². The molecule has 0 aliphatic carbocycles. The van der Waals surface area contributed by atoms with Crippen LogP contribution < -0.4 is 10.6 Å². The van der Waals surface area contributed by atoms with Crippen molar-refractivity contribution in [2.45, 2.75) is 26.5 Å². The van der Waals surface area contributed by atoms with Crippen molar-refractivity contribution in [3.8, 4) is 0 Å². The van der Waals surface area contributed by atoms with Gasteiger partial charge in [-0.3, -0.25) is 0 Å². The fraction of sp³-hybridized carbons (Fsp3) is 0.286. The molecule has 2 amide bonds. The van der Waals surface area contributed by atoms with Gasteiger partial charge in [0.15, 0.2) is 5.76 Å². The number of urea groups is 1. The number of amides is 2. The molecule has 2 aromatic rings. The van der Waals surface area contributed by atoms with Crippen molar-refractivity contribution in [3.63, 3.8) is 0 Å². The highest BCUT2D eigenvalue weighted by Gasteiger charge is 2.05. The predicted octanol–water partition coefficient (Wildman–Crippen LogP) is 2.36. The minimum Gasteiger partial charge on any atom is -0.389 e. The molecule has 1 atom stereocenters. The Balaban J connectivity index is 1.84. The number of aliphatic hydroxyl groups is 1. The van der Waals surface area contributed by atoms with Gasteiger partial charge in [-0.1, -0.05) is 17.3 Å². The van der Waals surface area contributed by atoms with E-state index < -0.39 is 6.10 Å². The highest BCUT2D eigenvalue weighted by molar-refractivity contribution is 5.89. The van der Waals surface area contributed by atoms with Crippen molar-refractivity contribution in [1.82, 2.24) is 10.5 Å². The molecule has 20 heavy (non-hydrogen) atoms. The summed E-state index contributed by atoms with van der Waals surface area (Å²) in [5.41, 5.74) is 2.23. The smallest absolute Gasteiger partial charge is 0.319 e. The van der Waals surface area contributed by atoms with E-state index in [2.05, 4.69) is 15.8 Å². The standard InChI is InChI=1S/C14H17N3O3/c1-9-7-13(20-17-9)8-15-14(19)16-12-5-3-11(4-6-12)10(2)18/h3-7,10,18H,8H2,1-2H3,(H2,15,16,19). The van der Waals surface area contributed by atoms with Gasteiger partial charge in [0, 0.05) is 11.8 Å². The summed E-state index contributed by atoms with van der Waals surface area (Å²) < 4.78 is 4.99. The molecule has 0 saturated heterocycles. The first-order valence-corrected chi connectivity index (χ1v) is 6.29. The average molecular weight is 275 g/mol. The molecule has 0 aliphatic heterocycles. The van der Waals surface area contributed by atoms with Crippen LogP contribution in [0.4, 0.5) is 10.5 Å². The predicted molar refractivity (Wildman–Crippen MR) is 74.2 cm³/mol. The van der Waals surface area contributed by atoms with Gasteiger partial charge in [-0.25, -0.2) is 4.79 Å². The van der Waals surface area contributed by atoms with Gasteiger partial charge in [0.05, 0.1) is 18.3 Å². The number of hydrogen-bond acceptors (Lipinski definition) is 4. The monoisotopic (exact) mass is 275 g/mol. The first-order chi connectivity index (χ1) is 9.54. The molecule has 3 N–H and O–H groups in total. The van der Waals surface area contributed by atoms with E-state index in [-0.39, 0.29) is 12.6 Å². The van der Waals surface area contributed by atoms with Crippen LogP contribution in [0.2, 0.25) is 0 Å². The number of carbonyl (C=O) groups excluding carboxylic acids is 1. The van der Waals surface area contributed by atoms with Crippen LogP contribution in [-0.4, -0.2) is 16.3 Å². The van der Waals surface area contributed by atoms with Crippen LogP contribution in [0, 0.1) is 6.92 Å². The molecule has 106 valence electrons. The molecule has 0 fully saturated rings. The summed E-state index contributed by atoms with van der Waals surface area (Å²) in [6, 6.07) is 8.43. The lowest BCUT2D eigenvalue weighted by atomic mass is 10.1. The summed E-state index contributed by atoms with van der Waals surface area (Å²) in [6.45, 7) is 3.78. The van der Waals surface area contributed by atoms with E-state index in [0.717, 1.165) is 11.3 Å². The Bertz CT molecular complexity index is 576. The number of carbonyl (C=O) groups is 1. The van der Waals surface area contributed by atoms with Gasteiger partial charge in [-0.2, -0.15) is 0 Å². The number of aryl methyl sites for hydroxylation is 1. The van der Waals surface area contributed by atoms with Crippen LogP contribution in [-0.2, 0) is 6.54 Å². The Hall–Kier alpha value is -2.34. The molecule has 2 rings (SSSR count). The summed E-state index contributed by atoms with van der Waals surface area (Å²) in [7, 11) is 0. The van der Waals surface area contributed by atoms with Crippen LogP contribution in [0.15, 0.2) is 34.9 Å². The van der Waals surface area contributed by atoms with Gasteiger partial charge < -0.3 is 20.3 Å². The fourth-order valence-electron chi connectivity index (χ4n) is 1.69. The molecule has 1 unspecified atom stereocenters. The van der Waals surface area contributed by atoms with Gasteiger partial charge in [-0.05, 0) is 31.5 Å². The lowest BCUT2D eigenvalue weighted by Crippen LogP contribution is -2.27. The summed E-state index contributed by atoms with van der Waals surface area (Å²) in [5.74, 6) is 0.599. The number of anilines is 1. The van der Waals surface area contributed by atoms with Crippen LogP contribution in [0.5, 0.6) is 0 Å². The van der Waals surface area contributed by atoms with Crippen molar-refractivity contribution in [2.75, 3.05) is 5.32 Å². The lowest BCUT2D eigenvalue weighted by molar-refractivity contribution is 0.199. The van der Waals surface area contributed by atoms with Gasteiger partial charge in [0.25, 0.3) is 0 Å². The Morgan fingerprint density at radius 1 is 1.40 bits per heavy atom. The molecule has 6 heteroatoms. The molecule has 1 aromatic carbocycles. The maximum absolute atomic E-state index is 11.7. The maximum atomic E-state index is 11.7. The van der Waals surface area contributed by atoms with Crippen molar-refractivity contribution >= 4 is 11.7 Å². The number of hydrogen-bond donors (Lipinski definition) is 3. The average Bonchev–Trinajstić information content (AvgIpc) is 2.83. The number of nitrogens with one attached hydrogen (secondary N) is 2. The molecule has 0 aliphatic rings. The largest absolute Gasteiger partial charge is 0.389 e. The van der Waals surface area contributed by atoms with E-state index in [4.69, 9.17) is 4.52 Å². The Morgan fingerprint density at radius 3 is 2.65 bits per heavy atom. The summed E-state index contributed by atoms with van der Waals surface area (Å²) >= 11 is 0. The molecular formula is C14H17N3O3. The third kappa shape index (κ3) is 3.83. The lowest BCUT2D eigenvalue weighted by Gasteiger charge is -2.08. The van der Waals surface area contributed by atoms with Crippen LogP contribution >= 0.6 is 0 Å². The second-order valence-electron chi connectivity index (χ2n) is 4.54. The van der Waals surface area contributed by atoms with E-state index >= 15 is 0 Å². The SMILES string of the molecule is Cc1cc(CNC(=O)Nc2ccc(C(C)O)cc2)on1. The summed E-state index contributed by atoms with van der Waals surface area (Å²) in [6.07, 6.45) is -0.521. The molecule has 1 heterocycles. The molecule has 1 aromatic heterocycles. The maximum Gasteiger partial charge on any atom is 0.319 e. The van der Waals surface area contributed by atoms with Crippen molar-refractivity contribution < 1.29 is 14.4 Å². The van der Waals surface area contributed by atoms with Crippen LogP contribution in [0.3, 0.4) is 0 Å². The Morgan fingerprint density at radius 2 is 2.10 bits per heavy atom. The number of nitrogens with zero attached hydrogens (tertiary/aromatic N) is 1. The number of aliphatic hydroxyl groups excluding tert-OH is 1. The molecule has 0 saturated carbocycles. The topological polar surface area (TPSA) is 87.4 Å². The van der Waals surface area contributed by atoms with Gasteiger partial charge in [-0.15, -0.1) is 0 Å². The summed E-state index contributed by atoms with van der Waals surface area (Å²) in [4.78, 5) is 11.7. The van der Waals surface area contributed by atoms with E-state index in [0.29, 0.717) is 11.4 Å². The van der Waals surface area contributed by atoms with Crippen molar-refractivity contribution in [2.24, 2.45) is 0 Å². The minimum absolute atomic E-state index is 0.276. The number of aromatic nitrogens is 1. The minimum atomic E-state index is -0.521. The quantitative estimate of drug-likeness (QED) is 0.799. The molecular weight excluding hydrogens is 258 g/mol. The van der Waals surface area contributed by atoms with E-state index in [1.165, 1.54) is 0 Å². The summed E-state index contributed by atoms with van der Waals surface area (Å²) in [5, 5.41) is 18.5. The van der Waals surface area contributed by atoms with Crippen LogP contribution in [0.1, 0.15) is 30.0 Å². The second-order valence-corrected chi connectivity index (χ2v) is 4.54. The van der Waals surface area contributed by atoms with E-state index in [1.54, 1.807) is 37.3 Å². The van der Waals surface area contributed by atoms with Crippen molar-refractivity contribution in [1.29, 1.82) is 0 Å². The first-order valence-electron chi connectivity index (χ1n) is 6.29. The molecule has 6 nitrogen and oxygen atoms in total. The molecule has 0 spiro atoms. The van der Waals surface area contributed by atoms with E-state index in [9.17, 15) is 9.90 Å². The first kappa shape index (κ1) is 14.1. The fourth-order valence-corrected chi connectivity index (χ4v) is 1.69. The van der Waals surface area contributed by atoms with Crippen molar-refractivity contribution in [3.05, 3.63) is 47.3 Å². The third-order valence-electron chi connectivity index (χ3n) is 2.75. The zero-order valence-corrected chi connectivity index (χ0v) is 11.4. The number of rotatable bonds is 4. The Labute approximate surface area is 116 Å². The highest BCUT2D eigenvalue weighted by Crippen LogP contribution is 2.15. The Kier molecular flexibility index (Phi) is 4.37. The zero-order valence-electron chi connectivity index (χ0n) is 11.4. The number of benzene rings is 1. The van der Waals surface area contributed by atoms with Gasteiger partial charge in [0.1, 0.15) is 0 Å². The van der Waals surface area contributed by atoms with E-state index in [1.807, 2.05) is 6.92 Å².